The maximum absolute atomic E-state index is 11.2. The summed E-state index contributed by atoms with van der Waals surface area (Å²) in [6.07, 6.45) is 4.18. The zero-order chi connectivity index (χ0) is 18.1. The van der Waals surface area contributed by atoms with Crippen LogP contribution in [0.25, 0.3) is 5.65 Å². The highest BCUT2D eigenvalue weighted by Gasteiger charge is 2.18. The summed E-state index contributed by atoms with van der Waals surface area (Å²) in [5, 5.41) is 20.8. The number of pyridine rings is 1. The van der Waals surface area contributed by atoms with Gasteiger partial charge in [-0.3, -0.25) is 9.81 Å². The summed E-state index contributed by atoms with van der Waals surface area (Å²) < 4.78 is 1.44. The number of imidazole rings is 1. The second-order valence-electron chi connectivity index (χ2n) is 5.75. The number of aromatic carboxylic acids is 1. The van der Waals surface area contributed by atoms with E-state index in [2.05, 4.69) is 20.3 Å². The van der Waals surface area contributed by atoms with E-state index in [1.807, 2.05) is 13.8 Å². The molecule has 5 N–H and O–H groups in total. The molecule has 0 fully saturated rings. The van der Waals surface area contributed by atoms with Gasteiger partial charge < -0.3 is 16.2 Å². The molecule has 0 aliphatic carbocycles. The molecule has 9 nitrogen and oxygen atoms in total. The number of nitrogen functional groups attached to an aromatic ring is 1. The normalized spacial score (nSPS) is 11.0. The van der Waals surface area contributed by atoms with Gasteiger partial charge in [-0.05, 0) is 26.0 Å². The van der Waals surface area contributed by atoms with E-state index in [4.69, 9.17) is 16.2 Å². The van der Waals surface area contributed by atoms with Crippen molar-refractivity contribution in [3.8, 4) is 0 Å². The summed E-state index contributed by atoms with van der Waals surface area (Å²) in [5.41, 5.74) is 7.49. The molecule has 0 atom stereocenters. The molecular weight excluding hydrogens is 322 g/mol. The van der Waals surface area contributed by atoms with Crippen molar-refractivity contribution in [3.05, 3.63) is 47.7 Å². The molecular formula is C16H17N7O2. The Labute approximate surface area is 143 Å². The molecule has 128 valence electrons. The molecule has 0 aromatic carbocycles. The maximum Gasteiger partial charge on any atom is 0.354 e. The number of fused-ring (bicyclic) bond motifs is 1. The Bertz CT molecular complexity index is 978. The lowest BCUT2D eigenvalue weighted by Gasteiger charge is -2.15. The van der Waals surface area contributed by atoms with E-state index in [0.29, 0.717) is 22.6 Å². The Morgan fingerprint density at radius 3 is 2.80 bits per heavy atom. The van der Waals surface area contributed by atoms with Crippen molar-refractivity contribution in [1.82, 2.24) is 19.4 Å². The van der Waals surface area contributed by atoms with Gasteiger partial charge in [-0.15, -0.1) is 0 Å². The first-order chi connectivity index (χ1) is 11.9. The highest BCUT2D eigenvalue weighted by molar-refractivity contribution is 6.16. The number of hydrogen-bond donors (Lipinski definition) is 4. The second-order valence-corrected chi connectivity index (χ2v) is 5.75. The van der Waals surface area contributed by atoms with Gasteiger partial charge in [0.1, 0.15) is 23.6 Å². The number of rotatable bonds is 5. The van der Waals surface area contributed by atoms with Crippen LogP contribution in [0, 0.1) is 5.41 Å². The lowest BCUT2D eigenvalue weighted by atomic mass is 10.0. The molecule has 3 aromatic heterocycles. The van der Waals surface area contributed by atoms with Crippen LogP contribution >= 0.6 is 0 Å². The summed E-state index contributed by atoms with van der Waals surface area (Å²) in [5.74, 6) is -0.404. The van der Waals surface area contributed by atoms with Crippen molar-refractivity contribution in [2.75, 3.05) is 11.1 Å². The SMILES string of the molecule is CC(C)Nc1ncnc(N)c1C(=N)c1ccn2c(C(=O)O)cnc2c1. The van der Waals surface area contributed by atoms with Crippen LogP contribution in [0.3, 0.4) is 0 Å². The number of carbonyl (C=O) groups is 1. The lowest BCUT2D eigenvalue weighted by Crippen LogP contribution is -2.18. The van der Waals surface area contributed by atoms with E-state index >= 15 is 0 Å². The van der Waals surface area contributed by atoms with Gasteiger partial charge >= 0.3 is 5.97 Å². The number of nitrogens with one attached hydrogen (secondary N) is 2. The van der Waals surface area contributed by atoms with Crippen LogP contribution in [0.2, 0.25) is 0 Å². The first-order valence-corrected chi connectivity index (χ1v) is 7.55. The molecule has 3 aromatic rings. The summed E-state index contributed by atoms with van der Waals surface area (Å²) in [4.78, 5) is 23.4. The number of nitrogens with two attached hydrogens (primary N) is 1. The van der Waals surface area contributed by atoms with Crippen molar-refractivity contribution in [2.24, 2.45) is 0 Å². The summed E-state index contributed by atoms with van der Waals surface area (Å²) >= 11 is 0. The number of nitrogens with zero attached hydrogens (tertiary/aromatic N) is 4. The first-order valence-electron chi connectivity index (χ1n) is 7.55. The van der Waals surface area contributed by atoms with Crippen molar-refractivity contribution in [2.45, 2.75) is 19.9 Å². The second kappa shape index (κ2) is 6.19. The number of hydrogen-bond acceptors (Lipinski definition) is 7. The van der Waals surface area contributed by atoms with Crippen LogP contribution in [0.15, 0.2) is 30.9 Å². The Kier molecular flexibility index (Phi) is 4.05. The fourth-order valence-corrected chi connectivity index (χ4v) is 2.47. The van der Waals surface area contributed by atoms with Gasteiger partial charge in [0, 0.05) is 17.8 Å². The first kappa shape index (κ1) is 16.4. The van der Waals surface area contributed by atoms with Crippen LogP contribution in [-0.4, -0.2) is 42.2 Å². The van der Waals surface area contributed by atoms with E-state index in [-0.39, 0.29) is 23.3 Å². The Morgan fingerprint density at radius 2 is 2.12 bits per heavy atom. The predicted octanol–water partition coefficient (Wildman–Crippen LogP) is 1.64. The van der Waals surface area contributed by atoms with Crippen LogP contribution < -0.4 is 11.1 Å². The van der Waals surface area contributed by atoms with Gasteiger partial charge in [0.15, 0.2) is 5.69 Å². The van der Waals surface area contributed by atoms with Gasteiger partial charge in [-0.1, -0.05) is 0 Å². The van der Waals surface area contributed by atoms with Crippen molar-refractivity contribution < 1.29 is 9.90 Å². The maximum atomic E-state index is 11.2. The molecule has 0 spiro atoms. The largest absolute Gasteiger partial charge is 0.477 e. The quantitative estimate of drug-likeness (QED) is 0.517. The standard InChI is InChI=1S/C16H17N7O2/c1-8(2)22-15-12(14(18)20-7-21-15)13(17)9-3-4-23-10(16(24)25)6-19-11(23)5-9/h3-8,17H,1-2H3,(H,24,25)(H3,18,20,21,22). The molecule has 0 aliphatic heterocycles. The van der Waals surface area contributed by atoms with Crippen LogP contribution in [0.4, 0.5) is 11.6 Å². The van der Waals surface area contributed by atoms with Crippen molar-refractivity contribution in [3.63, 3.8) is 0 Å². The minimum Gasteiger partial charge on any atom is -0.477 e. The third-order valence-corrected chi connectivity index (χ3v) is 3.57. The van der Waals surface area contributed by atoms with Gasteiger partial charge in [0.05, 0.1) is 17.5 Å². The third-order valence-electron chi connectivity index (χ3n) is 3.57. The van der Waals surface area contributed by atoms with Gasteiger partial charge in [0.25, 0.3) is 0 Å². The van der Waals surface area contributed by atoms with Crippen LogP contribution in [0.5, 0.6) is 0 Å². The van der Waals surface area contributed by atoms with Gasteiger partial charge in [0.2, 0.25) is 0 Å². The smallest absolute Gasteiger partial charge is 0.354 e. The van der Waals surface area contributed by atoms with Crippen LogP contribution in [0.1, 0.15) is 35.5 Å². The topological polar surface area (TPSA) is 142 Å². The number of carboxylic acid groups (broad SMARTS) is 1. The van der Waals surface area contributed by atoms with Gasteiger partial charge in [-0.25, -0.2) is 19.7 Å². The number of carboxylic acids is 1. The fraction of sp³-hybridized carbons (Fsp3) is 0.188. The monoisotopic (exact) mass is 339 g/mol. The molecule has 9 heteroatoms. The molecule has 0 amide bonds. The predicted molar refractivity (Wildman–Crippen MR) is 93.3 cm³/mol. The van der Waals surface area contributed by atoms with E-state index in [0.717, 1.165) is 0 Å². The third kappa shape index (κ3) is 2.99. The molecule has 0 radical (unpaired) electrons. The van der Waals surface area contributed by atoms with E-state index in [9.17, 15) is 4.79 Å². The Morgan fingerprint density at radius 1 is 1.36 bits per heavy atom. The summed E-state index contributed by atoms with van der Waals surface area (Å²) in [7, 11) is 0. The Balaban J connectivity index is 2.07. The molecule has 3 heterocycles. The molecule has 0 saturated carbocycles. The van der Waals surface area contributed by atoms with Gasteiger partial charge in [-0.2, -0.15) is 0 Å². The molecule has 0 bridgehead atoms. The average molecular weight is 339 g/mol. The Hall–Kier alpha value is -3.49. The van der Waals surface area contributed by atoms with Crippen molar-refractivity contribution in [1.29, 1.82) is 5.41 Å². The number of anilines is 2. The minimum atomic E-state index is -1.07. The lowest BCUT2D eigenvalue weighted by molar-refractivity contribution is 0.0689. The highest BCUT2D eigenvalue weighted by atomic mass is 16.4. The van der Waals surface area contributed by atoms with E-state index in [1.54, 1.807) is 18.3 Å². The average Bonchev–Trinajstić information content (AvgIpc) is 2.97. The molecule has 3 rings (SSSR count). The zero-order valence-electron chi connectivity index (χ0n) is 13.7. The summed E-state index contributed by atoms with van der Waals surface area (Å²) in [6.45, 7) is 3.91. The minimum absolute atomic E-state index is 0.0535. The number of aromatic nitrogens is 4. The molecule has 25 heavy (non-hydrogen) atoms. The van der Waals surface area contributed by atoms with E-state index < -0.39 is 5.97 Å². The van der Waals surface area contributed by atoms with E-state index in [1.165, 1.54) is 16.9 Å². The molecule has 0 aliphatic rings. The molecule has 0 unspecified atom stereocenters. The zero-order valence-corrected chi connectivity index (χ0v) is 13.7. The summed E-state index contributed by atoms with van der Waals surface area (Å²) in [6, 6.07) is 3.36. The van der Waals surface area contributed by atoms with Crippen molar-refractivity contribution >= 4 is 29.0 Å². The fourth-order valence-electron chi connectivity index (χ4n) is 2.47. The highest BCUT2D eigenvalue weighted by Crippen LogP contribution is 2.23. The van der Waals surface area contributed by atoms with Crippen LogP contribution in [-0.2, 0) is 0 Å². The molecule has 0 saturated heterocycles.